The molecule has 0 heterocycles. The van der Waals surface area contributed by atoms with Crippen molar-refractivity contribution in [2.45, 2.75) is 63.8 Å². The van der Waals surface area contributed by atoms with Gasteiger partial charge in [-0.25, -0.2) is 13.1 Å². The average Bonchev–Trinajstić information content (AvgIpc) is 2.59. The van der Waals surface area contributed by atoms with E-state index in [2.05, 4.69) is 11.6 Å². The van der Waals surface area contributed by atoms with Crippen LogP contribution in [0.25, 0.3) is 0 Å². The van der Waals surface area contributed by atoms with E-state index in [1.807, 2.05) is 13.8 Å². The number of rotatable bonds is 3. The second-order valence-electron chi connectivity index (χ2n) is 6.32. The molecule has 1 fully saturated rings. The summed E-state index contributed by atoms with van der Waals surface area (Å²) in [5.74, 6) is 0.370. The highest BCUT2D eigenvalue weighted by Crippen LogP contribution is 2.27. The maximum absolute atomic E-state index is 12.7. The molecule has 0 saturated heterocycles. The molecule has 4 nitrogen and oxygen atoms in total. The average molecular weight is 310 g/mol. The van der Waals surface area contributed by atoms with Gasteiger partial charge in [-0.15, -0.1) is 0 Å². The molecule has 1 aromatic rings. The van der Waals surface area contributed by atoms with Crippen molar-refractivity contribution in [3.8, 4) is 0 Å². The molecule has 2 unspecified atom stereocenters. The standard InChI is InChI=1S/C16H26N2O2S/c1-11-7-5-4-6-8-15(11)18-21(19,20)16-10-13(3)12(2)9-14(16)17/h9-11,15,18H,4-8,17H2,1-3H3. The summed E-state index contributed by atoms with van der Waals surface area (Å²) in [5.41, 5.74) is 8.21. The van der Waals surface area contributed by atoms with Gasteiger partial charge >= 0.3 is 0 Å². The fourth-order valence-electron chi connectivity index (χ4n) is 2.98. The van der Waals surface area contributed by atoms with Crippen LogP contribution in [0.4, 0.5) is 5.69 Å². The van der Waals surface area contributed by atoms with Crippen LogP contribution in [0.5, 0.6) is 0 Å². The van der Waals surface area contributed by atoms with Gasteiger partial charge in [0.2, 0.25) is 10.0 Å². The van der Waals surface area contributed by atoms with Gasteiger partial charge in [0, 0.05) is 6.04 Å². The Morgan fingerprint density at radius 2 is 1.71 bits per heavy atom. The molecule has 1 aliphatic carbocycles. The summed E-state index contributed by atoms with van der Waals surface area (Å²) in [7, 11) is -3.55. The van der Waals surface area contributed by atoms with Crippen molar-refractivity contribution >= 4 is 15.7 Å². The van der Waals surface area contributed by atoms with Crippen LogP contribution in [0.2, 0.25) is 0 Å². The molecule has 0 aliphatic heterocycles. The first-order valence-corrected chi connectivity index (χ1v) is 9.18. The molecule has 3 N–H and O–H groups in total. The van der Waals surface area contributed by atoms with Crippen molar-refractivity contribution in [3.05, 3.63) is 23.3 Å². The molecular weight excluding hydrogens is 284 g/mol. The lowest BCUT2D eigenvalue weighted by Crippen LogP contribution is -2.39. The van der Waals surface area contributed by atoms with Crippen LogP contribution in [0.3, 0.4) is 0 Å². The van der Waals surface area contributed by atoms with E-state index in [4.69, 9.17) is 5.73 Å². The number of nitrogen functional groups attached to an aromatic ring is 1. The van der Waals surface area contributed by atoms with Gasteiger partial charge < -0.3 is 5.73 Å². The maximum atomic E-state index is 12.7. The molecule has 0 bridgehead atoms. The number of nitrogens with one attached hydrogen (secondary N) is 1. The minimum Gasteiger partial charge on any atom is -0.398 e. The van der Waals surface area contributed by atoms with Crippen molar-refractivity contribution in [2.24, 2.45) is 5.92 Å². The fourth-order valence-corrected chi connectivity index (χ4v) is 4.55. The maximum Gasteiger partial charge on any atom is 0.242 e. The lowest BCUT2D eigenvalue weighted by Gasteiger charge is -2.23. The van der Waals surface area contributed by atoms with Crippen molar-refractivity contribution in [3.63, 3.8) is 0 Å². The smallest absolute Gasteiger partial charge is 0.242 e. The number of hydrogen-bond acceptors (Lipinski definition) is 3. The molecule has 0 radical (unpaired) electrons. The zero-order chi connectivity index (χ0) is 15.6. The van der Waals surface area contributed by atoms with E-state index < -0.39 is 10.0 Å². The Kier molecular flexibility index (Phi) is 4.94. The van der Waals surface area contributed by atoms with Gasteiger partial charge in [0.1, 0.15) is 4.90 Å². The predicted molar refractivity (Wildman–Crippen MR) is 86.7 cm³/mol. The molecule has 0 aromatic heterocycles. The minimum absolute atomic E-state index is 0.0125. The second-order valence-corrected chi connectivity index (χ2v) is 8.00. The lowest BCUT2D eigenvalue weighted by atomic mass is 9.98. The third-order valence-electron chi connectivity index (χ3n) is 4.58. The van der Waals surface area contributed by atoms with Crippen LogP contribution >= 0.6 is 0 Å². The van der Waals surface area contributed by atoms with Gasteiger partial charge in [0.25, 0.3) is 0 Å². The highest BCUT2D eigenvalue weighted by molar-refractivity contribution is 7.89. The van der Waals surface area contributed by atoms with Crippen molar-refractivity contribution in [1.29, 1.82) is 0 Å². The molecule has 21 heavy (non-hydrogen) atoms. The molecular formula is C16H26N2O2S. The van der Waals surface area contributed by atoms with Crippen molar-refractivity contribution < 1.29 is 8.42 Å². The van der Waals surface area contributed by atoms with Crippen LogP contribution in [-0.4, -0.2) is 14.5 Å². The first kappa shape index (κ1) is 16.3. The predicted octanol–water partition coefficient (Wildman–Crippen LogP) is 3.13. The first-order valence-electron chi connectivity index (χ1n) is 7.70. The summed E-state index contributed by atoms with van der Waals surface area (Å²) in [5, 5.41) is 0. The molecule has 2 atom stereocenters. The van der Waals surface area contributed by atoms with E-state index in [0.717, 1.165) is 30.4 Å². The van der Waals surface area contributed by atoms with Crippen LogP contribution < -0.4 is 10.5 Å². The van der Waals surface area contributed by atoms with Crippen molar-refractivity contribution in [1.82, 2.24) is 4.72 Å². The van der Waals surface area contributed by atoms with E-state index in [-0.39, 0.29) is 10.9 Å². The molecule has 1 aliphatic rings. The third-order valence-corrected chi connectivity index (χ3v) is 6.13. The summed E-state index contributed by atoms with van der Waals surface area (Å²) in [6.07, 6.45) is 5.44. The van der Waals surface area contributed by atoms with Crippen molar-refractivity contribution in [2.75, 3.05) is 5.73 Å². The summed E-state index contributed by atoms with van der Waals surface area (Å²) >= 11 is 0. The normalized spacial score (nSPS) is 23.8. The molecule has 0 amide bonds. The Morgan fingerprint density at radius 1 is 1.10 bits per heavy atom. The number of aryl methyl sites for hydroxylation is 2. The van der Waals surface area contributed by atoms with Crippen LogP contribution in [-0.2, 0) is 10.0 Å². The van der Waals surface area contributed by atoms with E-state index >= 15 is 0 Å². The van der Waals surface area contributed by atoms with Gasteiger partial charge in [-0.05, 0) is 55.9 Å². The number of hydrogen-bond donors (Lipinski definition) is 2. The van der Waals surface area contributed by atoms with Crippen LogP contribution in [0.15, 0.2) is 17.0 Å². The summed E-state index contributed by atoms with van der Waals surface area (Å²) in [6, 6.07) is 3.42. The van der Waals surface area contributed by atoms with E-state index in [0.29, 0.717) is 11.6 Å². The van der Waals surface area contributed by atoms with Crippen LogP contribution in [0.1, 0.15) is 50.2 Å². The largest absolute Gasteiger partial charge is 0.398 e. The number of benzene rings is 1. The Hall–Kier alpha value is -1.07. The zero-order valence-corrected chi connectivity index (χ0v) is 14.0. The topological polar surface area (TPSA) is 72.2 Å². The van der Waals surface area contributed by atoms with E-state index in [1.54, 1.807) is 12.1 Å². The second kappa shape index (κ2) is 6.36. The molecule has 5 heteroatoms. The molecule has 2 rings (SSSR count). The molecule has 118 valence electrons. The molecule has 1 aromatic carbocycles. The Labute approximate surface area is 128 Å². The van der Waals surface area contributed by atoms with Crippen LogP contribution in [0, 0.1) is 19.8 Å². The summed E-state index contributed by atoms with van der Waals surface area (Å²) in [6.45, 7) is 5.97. The molecule has 0 spiro atoms. The number of sulfonamides is 1. The van der Waals surface area contributed by atoms with Gasteiger partial charge in [-0.2, -0.15) is 0 Å². The van der Waals surface area contributed by atoms with E-state index in [9.17, 15) is 8.42 Å². The SMILES string of the molecule is Cc1cc(N)c(S(=O)(=O)NC2CCCCCC2C)cc1C. The summed E-state index contributed by atoms with van der Waals surface area (Å²) in [4.78, 5) is 0.210. The van der Waals surface area contributed by atoms with Gasteiger partial charge in [-0.3, -0.25) is 0 Å². The third kappa shape index (κ3) is 3.77. The molecule has 1 saturated carbocycles. The lowest BCUT2D eigenvalue weighted by molar-refractivity contribution is 0.399. The summed E-state index contributed by atoms with van der Waals surface area (Å²) < 4.78 is 28.2. The highest BCUT2D eigenvalue weighted by Gasteiger charge is 2.27. The van der Waals surface area contributed by atoms with E-state index in [1.165, 1.54) is 12.8 Å². The Bertz CT molecular complexity index is 611. The fraction of sp³-hybridized carbons (Fsp3) is 0.625. The quantitative estimate of drug-likeness (QED) is 0.665. The minimum atomic E-state index is -3.55. The first-order chi connectivity index (χ1) is 9.81. The number of anilines is 1. The highest BCUT2D eigenvalue weighted by atomic mass is 32.2. The Balaban J connectivity index is 2.27. The number of nitrogens with two attached hydrogens (primary N) is 1. The monoisotopic (exact) mass is 310 g/mol. The van der Waals surface area contributed by atoms with Gasteiger partial charge in [0.15, 0.2) is 0 Å². The zero-order valence-electron chi connectivity index (χ0n) is 13.1. The van der Waals surface area contributed by atoms with Gasteiger partial charge in [-0.1, -0.05) is 26.2 Å². The van der Waals surface area contributed by atoms with Gasteiger partial charge in [0.05, 0.1) is 5.69 Å². The Morgan fingerprint density at radius 3 is 2.43 bits per heavy atom.